The molecule has 1 aromatic heterocycles. The third-order valence-electron chi connectivity index (χ3n) is 3.54. The molecule has 1 aliphatic rings. The van der Waals surface area contributed by atoms with Crippen molar-refractivity contribution in [2.45, 2.75) is 38.3 Å². The number of nitrogens with zero attached hydrogens (tertiary/aromatic N) is 3. The van der Waals surface area contributed by atoms with Gasteiger partial charge >= 0.3 is 0 Å². The Balaban J connectivity index is 1.95. The molecule has 5 nitrogen and oxygen atoms in total. The minimum Gasteiger partial charge on any atom is -0.378 e. The zero-order valence-electron chi connectivity index (χ0n) is 12.1. The Morgan fingerprint density at radius 1 is 1.60 bits per heavy atom. The number of hydrogen-bond acceptors (Lipinski definition) is 4. The minimum absolute atomic E-state index is 0.0572. The summed E-state index contributed by atoms with van der Waals surface area (Å²) in [6.07, 6.45) is 5.18. The van der Waals surface area contributed by atoms with Gasteiger partial charge in [-0.3, -0.25) is 9.48 Å². The van der Waals surface area contributed by atoms with Crippen molar-refractivity contribution in [3.63, 3.8) is 0 Å². The zero-order valence-corrected chi connectivity index (χ0v) is 12.9. The van der Waals surface area contributed by atoms with Crippen molar-refractivity contribution in [2.24, 2.45) is 0 Å². The summed E-state index contributed by atoms with van der Waals surface area (Å²) in [4.78, 5) is 14.4. The average Bonchev–Trinajstić information content (AvgIpc) is 3.03. The van der Waals surface area contributed by atoms with Crippen LogP contribution in [0.3, 0.4) is 0 Å². The molecule has 2 heterocycles. The Morgan fingerprint density at radius 2 is 2.40 bits per heavy atom. The Labute approximate surface area is 124 Å². The Morgan fingerprint density at radius 3 is 3.05 bits per heavy atom. The van der Waals surface area contributed by atoms with Gasteiger partial charge in [0.1, 0.15) is 5.69 Å². The molecule has 20 heavy (non-hydrogen) atoms. The van der Waals surface area contributed by atoms with Gasteiger partial charge in [0.05, 0.1) is 23.9 Å². The molecule has 0 aliphatic carbocycles. The van der Waals surface area contributed by atoms with Crippen molar-refractivity contribution in [1.29, 1.82) is 0 Å². The number of halogens is 1. The number of carbonyl (C=O) groups excluding carboxylic acids is 1. The second-order valence-electron chi connectivity index (χ2n) is 5.46. The van der Waals surface area contributed by atoms with Crippen LogP contribution < -0.4 is 0 Å². The lowest BCUT2D eigenvalue weighted by Gasteiger charge is -2.12. The van der Waals surface area contributed by atoms with E-state index in [2.05, 4.69) is 10.00 Å². The minimum atomic E-state index is 0.0572. The van der Waals surface area contributed by atoms with Gasteiger partial charge in [-0.15, -0.1) is 0 Å². The molecule has 0 bridgehead atoms. The maximum atomic E-state index is 12.3. The zero-order chi connectivity index (χ0) is 14.5. The van der Waals surface area contributed by atoms with Gasteiger partial charge in [0.25, 0.3) is 0 Å². The van der Waals surface area contributed by atoms with Crippen LogP contribution in [0.4, 0.5) is 0 Å². The first-order chi connectivity index (χ1) is 9.58. The van der Waals surface area contributed by atoms with Crippen LogP contribution >= 0.6 is 11.6 Å². The molecule has 0 aromatic carbocycles. The van der Waals surface area contributed by atoms with Crippen molar-refractivity contribution < 1.29 is 9.53 Å². The number of rotatable bonds is 7. The highest BCUT2D eigenvalue weighted by Gasteiger charge is 2.21. The fourth-order valence-corrected chi connectivity index (χ4v) is 2.63. The molecule has 1 unspecified atom stereocenters. The summed E-state index contributed by atoms with van der Waals surface area (Å²) >= 11 is 6.10. The normalized spacial score (nSPS) is 18.9. The third-order valence-corrected chi connectivity index (χ3v) is 3.81. The molecule has 1 fully saturated rings. The van der Waals surface area contributed by atoms with Gasteiger partial charge in [-0.05, 0) is 33.4 Å². The van der Waals surface area contributed by atoms with Crippen molar-refractivity contribution >= 4 is 17.4 Å². The van der Waals surface area contributed by atoms with Crippen LogP contribution in [0, 0.1) is 0 Å². The first-order valence-corrected chi connectivity index (χ1v) is 7.46. The van der Waals surface area contributed by atoms with E-state index in [0.29, 0.717) is 23.7 Å². The number of Topliss-reactive ketones (excluding diaryl/α,β-unsaturated/α-hetero) is 1. The lowest BCUT2D eigenvalue weighted by atomic mass is 10.1. The van der Waals surface area contributed by atoms with Gasteiger partial charge in [-0.2, -0.15) is 5.10 Å². The highest BCUT2D eigenvalue weighted by atomic mass is 35.5. The molecule has 1 aromatic rings. The van der Waals surface area contributed by atoms with Gasteiger partial charge in [-0.25, -0.2) is 0 Å². The van der Waals surface area contributed by atoms with E-state index in [1.54, 1.807) is 10.9 Å². The van der Waals surface area contributed by atoms with E-state index >= 15 is 0 Å². The molecule has 0 radical (unpaired) electrons. The van der Waals surface area contributed by atoms with E-state index in [9.17, 15) is 4.79 Å². The molecule has 0 N–H and O–H groups in total. The Bertz CT molecular complexity index is 453. The van der Waals surface area contributed by atoms with Gasteiger partial charge < -0.3 is 9.64 Å². The van der Waals surface area contributed by atoms with Crippen LogP contribution in [0.2, 0.25) is 5.02 Å². The van der Waals surface area contributed by atoms with Crippen LogP contribution in [0.1, 0.15) is 36.2 Å². The number of aromatic nitrogens is 2. The lowest BCUT2D eigenvalue weighted by molar-refractivity contribution is 0.0851. The van der Waals surface area contributed by atoms with Gasteiger partial charge in [0, 0.05) is 19.6 Å². The van der Waals surface area contributed by atoms with Crippen molar-refractivity contribution in [3.8, 4) is 0 Å². The number of hydrogen-bond donors (Lipinski definition) is 0. The molecule has 1 aliphatic heterocycles. The van der Waals surface area contributed by atoms with Crippen molar-refractivity contribution in [3.05, 3.63) is 16.9 Å². The Hall–Kier alpha value is -0.910. The largest absolute Gasteiger partial charge is 0.378 e. The monoisotopic (exact) mass is 299 g/mol. The first kappa shape index (κ1) is 15.5. The second kappa shape index (κ2) is 7.20. The number of likely N-dealkylation sites (N-methyl/N-ethyl adjacent to an activating group) is 1. The number of carbonyl (C=O) groups is 1. The summed E-state index contributed by atoms with van der Waals surface area (Å²) in [7, 11) is 3.98. The van der Waals surface area contributed by atoms with E-state index in [-0.39, 0.29) is 11.9 Å². The van der Waals surface area contributed by atoms with Gasteiger partial charge in [0.15, 0.2) is 5.78 Å². The molecule has 112 valence electrons. The molecule has 6 heteroatoms. The van der Waals surface area contributed by atoms with E-state index < -0.39 is 0 Å². The maximum Gasteiger partial charge on any atom is 0.182 e. The quantitative estimate of drug-likeness (QED) is 0.725. The molecule has 2 rings (SSSR count). The Kier molecular flexibility index (Phi) is 5.57. The van der Waals surface area contributed by atoms with Crippen LogP contribution in [0.15, 0.2) is 6.20 Å². The summed E-state index contributed by atoms with van der Waals surface area (Å²) < 4.78 is 7.25. The van der Waals surface area contributed by atoms with E-state index in [1.165, 1.54) is 0 Å². The molecule has 0 saturated carbocycles. The van der Waals surface area contributed by atoms with E-state index in [4.69, 9.17) is 16.3 Å². The number of ketones is 1. The molecule has 1 atom stereocenters. The van der Waals surface area contributed by atoms with Crippen LogP contribution in [0.5, 0.6) is 0 Å². The smallest absolute Gasteiger partial charge is 0.182 e. The first-order valence-electron chi connectivity index (χ1n) is 7.08. The summed E-state index contributed by atoms with van der Waals surface area (Å²) in [6.45, 7) is 2.31. The maximum absolute atomic E-state index is 12.3. The van der Waals surface area contributed by atoms with Crippen LogP contribution in [-0.2, 0) is 11.3 Å². The summed E-state index contributed by atoms with van der Waals surface area (Å²) in [6, 6.07) is 0. The molecule has 0 spiro atoms. The second-order valence-corrected chi connectivity index (χ2v) is 5.87. The van der Waals surface area contributed by atoms with Crippen molar-refractivity contribution in [2.75, 3.05) is 27.2 Å². The summed E-state index contributed by atoms with van der Waals surface area (Å²) in [5, 5.41) is 4.64. The molecular formula is C14H22ClN3O2. The highest BCUT2D eigenvalue weighted by Crippen LogP contribution is 2.21. The van der Waals surface area contributed by atoms with Gasteiger partial charge in [0.2, 0.25) is 0 Å². The SMILES string of the molecule is CN(C)CCn1ncc(Cl)c1C(=O)CCC1CCCO1. The number of ether oxygens (including phenoxy) is 1. The van der Waals surface area contributed by atoms with Gasteiger partial charge in [-0.1, -0.05) is 11.6 Å². The molecular weight excluding hydrogens is 278 g/mol. The van der Waals surface area contributed by atoms with Crippen molar-refractivity contribution in [1.82, 2.24) is 14.7 Å². The average molecular weight is 300 g/mol. The molecule has 1 saturated heterocycles. The molecule has 0 amide bonds. The lowest BCUT2D eigenvalue weighted by Crippen LogP contribution is -2.22. The summed E-state index contributed by atoms with van der Waals surface area (Å²) in [5.74, 6) is 0.0572. The topological polar surface area (TPSA) is 47.4 Å². The standard InChI is InChI=1S/C14H22ClN3O2/c1-17(2)7-8-18-14(12(15)10-16-18)13(19)6-5-11-4-3-9-20-11/h10-11H,3-9H2,1-2H3. The highest BCUT2D eigenvalue weighted by molar-refractivity contribution is 6.33. The fraction of sp³-hybridized carbons (Fsp3) is 0.714. The predicted molar refractivity (Wildman–Crippen MR) is 78.3 cm³/mol. The third kappa shape index (κ3) is 4.04. The van der Waals surface area contributed by atoms with E-state index in [0.717, 1.165) is 32.4 Å². The van der Waals surface area contributed by atoms with Crippen LogP contribution in [-0.4, -0.2) is 53.8 Å². The predicted octanol–water partition coefficient (Wildman–Crippen LogP) is 2.24. The fourth-order valence-electron chi connectivity index (χ4n) is 2.39. The van der Waals surface area contributed by atoms with Crippen LogP contribution in [0.25, 0.3) is 0 Å². The summed E-state index contributed by atoms with van der Waals surface area (Å²) in [5.41, 5.74) is 0.534. The van der Waals surface area contributed by atoms with E-state index in [1.807, 2.05) is 14.1 Å².